The number of rotatable bonds is 5. The molecule has 1 aliphatic heterocycles. The average Bonchev–Trinajstić information content (AvgIpc) is 3.50. The molecule has 1 amide bonds. The molecule has 0 fully saturated rings. The summed E-state index contributed by atoms with van der Waals surface area (Å²) in [4.78, 5) is 15.1. The molecule has 0 N–H and O–H groups in total. The van der Waals surface area contributed by atoms with Crippen molar-refractivity contribution in [3.8, 4) is 0 Å². The third kappa shape index (κ3) is 3.48. The fourth-order valence-electron chi connectivity index (χ4n) is 4.09. The Morgan fingerprint density at radius 3 is 2.60 bits per heavy atom. The van der Waals surface area contributed by atoms with Crippen LogP contribution >= 0.6 is 0 Å². The van der Waals surface area contributed by atoms with E-state index in [2.05, 4.69) is 58.0 Å². The normalized spacial score (nSPS) is 14.7. The molecule has 1 aliphatic rings. The Bertz CT molecular complexity index is 1200. The SMILES string of the molecule is O=C(CC(c1ccccc1)n1cnnn1)N1CC=C(c2cccc3ccccc23)C1. The third-order valence-electron chi connectivity index (χ3n) is 5.64. The fraction of sp³-hybridized carbons (Fsp3) is 0.167. The third-order valence-corrected chi connectivity index (χ3v) is 5.64. The minimum atomic E-state index is -0.227. The molecule has 5 rings (SSSR count). The number of hydrogen-bond acceptors (Lipinski definition) is 4. The summed E-state index contributed by atoms with van der Waals surface area (Å²) >= 11 is 0. The predicted molar refractivity (Wildman–Crippen MR) is 116 cm³/mol. The zero-order valence-electron chi connectivity index (χ0n) is 16.4. The van der Waals surface area contributed by atoms with Crippen molar-refractivity contribution in [3.05, 3.63) is 96.3 Å². The maximum absolute atomic E-state index is 13.2. The summed E-state index contributed by atoms with van der Waals surface area (Å²) in [7, 11) is 0. The monoisotopic (exact) mass is 395 g/mol. The molecule has 1 atom stereocenters. The Kier molecular flexibility index (Phi) is 4.81. The number of amides is 1. The summed E-state index contributed by atoms with van der Waals surface area (Å²) < 4.78 is 1.66. The molecule has 0 radical (unpaired) electrons. The molecule has 4 aromatic rings. The number of hydrogen-bond donors (Lipinski definition) is 0. The molecule has 0 saturated carbocycles. The standard InChI is InChI=1S/C24H21N5O/c30-24(15-23(29-17-25-26-27-29)19-8-2-1-3-9-19)28-14-13-20(16-28)22-12-6-10-18-7-4-5-11-21(18)22/h1-13,17,23H,14-16H2. The van der Waals surface area contributed by atoms with E-state index in [0.29, 0.717) is 19.5 Å². The Morgan fingerprint density at radius 2 is 1.77 bits per heavy atom. The van der Waals surface area contributed by atoms with Gasteiger partial charge in [0.05, 0.1) is 12.5 Å². The lowest BCUT2D eigenvalue weighted by atomic mass is 9.99. The van der Waals surface area contributed by atoms with Crippen LogP contribution in [-0.2, 0) is 4.79 Å². The van der Waals surface area contributed by atoms with Crippen molar-refractivity contribution < 1.29 is 4.79 Å². The zero-order chi connectivity index (χ0) is 20.3. The largest absolute Gasteiger partial charge is 0.335 e. The van der Waals surface area contributed by atoms with Crippen molar-refractivity contribution in [2.24, 2.45) is 0 Å². The molecule has 0 spiro atoms. The van der Waals surface area contributed by atoms with Gasteiger partial charge in [0.2, 0.25) is 5.91 Å². The second-order valence-electron chi connectivity index (χ2n) is 7.45. The summed E-state index contributed by atoms with van der Waals surface area (Å²) in [5.74, 6) is 0.0887. The lowest BCUT2D eigenvalue weighted by molar-refractivity contribution is -0.130. The van der Waals surface area contributed by atoms with Crippen LogP contribution in [0, 0.1) is 0 Å². The van der Waals surface area contributed by atoms with Gasteiger partial charge in [0.15, 0.2) is 0 Å². The second-order valence-corrected chi connectivity index (χ2v) is 7.45. The highest BCUT2D eigenvalue weighted by atomic mass is 16.2. The second kappa shape index (κ2) is 7.91. The van der Waals surface area contributed by atoms with Gasteiger partial charge in [-0.15, -0.1) is 5.10 Å². The quantitative estimate of drug-likeness (QED) is 0.517. The van der Waals surface area contributed by atoms with E-state index in [0.717, 1.165) is 5.56 Å². The maximum Gasteiger partial charge on any atom is 0.225 e. The van der Waals surface area contributed by atoms with E-state index in [-0.39, 0.29) is 11.9 Å². The van der Waals surface area contributed by atoms with Gasteiger partial charge < -0.3 is 4.90 Å². The van der Waals surface area contributed by atoms with Gasteiger partial charge >= 0.3 is 0 Å². The van der Waals surface area contributed by atoms with Gasteiger partial charge in [0, 0.05) is 13.1 Å². The first-order valence-electron chi connectivity index (χ1n) is 10.0. The van der Waals surface area contributed by atoms with Crippen molar-refractivity contribution in [1.29, 1.82) is 0 Å². The van der Waals surface area contributed by atoms with E-state index < -0.39 is 0 Å². The van der Waals surface area contributed by atoms with Crippen molar-refractivity contribution in [1.82, 2.24) is 25.1 Å². The van der Waals surface area contributed by atoms with Gasteiger partial charge in [-0.05, 0) is 37.9 Å². The number of aromatic nitrogens is 4. The predicted octanol–water partition coefficient (Wildman–Crippen LogP) is 3.73. The van der Waals surface area contributed by atoms with Crippen LogP contribution in [-0.4, -0.2) is 44.1 Å². The smallest absolute Gasteiger partial charge is 0.225 e. The molecular weight excluding hydrogens is 374 g/mol. The summed E-state index contributed by atoms with van der Waals surface area (Å²) in [5, 5.41) is 14.0. The first kappa shape index (κ1) is 18.2. The number of tetrazole rings is 1. The van der Waals surface area contributed by atoms with Crippen LogP contribution < -0.4 is 0 Å². The molecule has 1 unspecified atom stereocenters. The van der Waals surface area contributed by atoms with E-state index in [9.17, 15) is 4.79 Å². The average molecular weight is 395 g/mol. The Morgan fingerprint density at radius 1 is 0.967 bits per heavy atom. The molecule has 6 heteroatoms. The minimum absolute atomic E-state index is 0.0887. The van der Waals surface area contributed by atoms with Gasteiger partial charge in [-0.1, -0.05) is 78.9 Å². The minimum Gasteiger partial charge on any atom is -0.335 e. The number of carbonyl (C=O) groups is 1. The molecule has 2 heterocycles. The molecule has 0 bridgehead atoms. The highest BCUT2D eigenvalue weighted by molar-refractivity contribution is 5.95. The van der Waals surface area contributed by atoms with E-state index in [1.807, 2.05) is 41.3 Å². The van der Waals surface area contributed by atoms with Crippen LogP contribution in [0.5, 0.6) is 0 Å². The van der Waals surface area contributed by atoms with E-state index in [1.54, 1.807) is 11.0 Å². The number of fused-ring (bicyclic) bond motifs is 1. The van der Waals surface area contributed by atoms with E-state index >= 15 is 0 Å². The lowest BCUT2D eigenvalue weighted by Crippen LogP contribution is -2.31. The van der Waals surface area contributed by atoms with E-state index in [4.69, 9.17) is 0 Å². The van der Waals surface area contributed by atoms with Crippen LogP contribution in [0.15, 0.2) is 85.2 Å². The highest BCUT2D eigenvalue weighted by Crippen LogP contribution is 2.29. The van der Waals surface area contributed by atoms with Gasteiger partial charge in [-0.2, -0.15) is 0 Å². The van der Waals surface area contributed by atoms with Gasteiger partial charge in [0.25, 0.3) is 0 Å². The molecule has 148 valence electrons. The van der Waals surface area contributed by atoms with Crippen molar-refractivity contribution in [2.75, 3.05) is 13.1 Å². The lowest BCUT2D eigenvalue weighted by Gasteiger charge is -2.22. The first-order chi connectivity index (χ1) is 14.8. The van der Waals surface area contributed by atoms with Crippen LogP contribution in [0.4, 0.5) is 0 Å². The van der Waals surface area contributed by atoms with Crippen LogP contribution in [0.1, 0.15) is 23.6 Å². The fourth-order valence-corrected chi connectivity index (χ4v) is 4.09. The summed E-state index contributed by atoms with van der Waals surface area (Å²) in [6.07, 6.45) is 4.04. The summed E-state index contributed by atoms with van der Waals surface area (Å²) in [6.45, 7) is 1.23. The van der Waals surface area contributed by atoms with E-state index in [1.165, 1.54) is 21.9 Å². The van der Waals surface area contributed by atoms with Gasteiger partial charge in [0.1, 0.15) is 6.33 Å². The van der Waals surface area contributed by atoms with Crippen molar-refractivity contribution >= 4 is 22.3 Å². The Labute approximate surface area is 174 Å². The number of carbonyl (C=O) groups excluding carboxylic acids is 1. The summed E-state index contributed by atoms with van der Waals surface area (Å²) in [5.41, 5.74) is 3.40. The topological polar surface area (TPSA) is 63.9 Å². The Balaban J connectivity index is 1.35. The number of nitrogens with zero attached hydrogens (tertiary/aromatic N) is 5. The zero-order valence-corrected chi connectivity index (χ0v) is 16.4. The molecule has 6 nitrogen and oxygen atoms in total. The molecular formula is C24H21N5O. The van der Waals surface area contributed by atoms with Crippen LogP contribution in [0.25, 0.3) is 16.3 Å². The van der Waals surface area contributed by atoms with Gasteiger partial charge in [-0.25, -0.2) is 4.68 Å². The first-order valence-corrected chi connectivity index (χ1v) is 10.0. The molecule has 0 aliphatic carbocycles. The van der Waals surface area contributed by atoms with Crippen LogP contribution in [0.2, 0.25) is 0 Å². The Hall–Kier alpha value is -3.80. The number of benzene rings is 3. The molecule has 3 aromatic carbocycles. The highest BCUT2D eigenvalue weighted by Gasteiger charge is 2.26. The maximum atomic E-state index is 13.2. The summed E-state index contributed by atoms with van der Waals surface area (Å²) in [6, 6.07) is 24.4. The molecule has 1 aromatic heterocycles. The molecule has 30 heavy (non-hydrogen) atoms. The van der Waals surface area contributed by atoms with Crippen LogP contribution in [0.3, 0.4) is 0 Å². The van der Waals surface area contributed by atoms with Crippen molar-refractivity contribution in [2.45, 2.75) is 12.5 Å². The van der Waals surface area contributed by atoms with Crippen molar-refractivity contribution in [3.63, 3.8) is 0 Å². The van der Waals surface area contributed by atoms with Gasteiger partial charge in [-0.3, -0.25) is 4.79 Å². The molecule has 0 saturated heterocycles.